The Morgan fingerprint density at radius 3 is 3.00 bits per heavy atom. The Balaban J connectivity index is 0.000000437. The second-order valence-electron chi connectivity index (χ2n) is 4.06. The van der Waals surface area contributed by atoms with Gasteiger partial charge in [-0.05, 0) is 25.4 Å². The average molecular weight is 235 g/mol. The number of hydrogen-bond donors (Lipinski definition) is 1. The van der Waals surface area contributed by atoms with Crippen molar-refractivity contribution in [3.63, 3.8) is 0 Å². The first-order valence-electron chi connectivity index (χ1n) is 5.84. The molecule has 0 aromatic heterocycles. The van der Waals surface area contributed by atoms with Gasteiger partial charge in [-0.1, -0.05) is 12.2 Å². The van der Waals surface area contributed by atoms with Gasteiger partial charge in [-0.3, -0.25) is 4.99 Å². The molecule has 2 unspecified atom stereocenters. The molecular formula is C13H18FN3. The molecule has 17 heavy (non-hydrogen) atoms. The minimum absolute atomic E-state index is 0.166. The predicted molar refractivity (Wildman–Crippen MR) is 67.2 cm³/mol. The zero-order valence-electron chi connectivity index (χ0n) is 10.1. The molecule has 1 saturated heterocycles. The molecule has 2 atom stereocenters. The molecule has 2 aliphatic heterocycles. The van der Waals surface area contributed by atoms with E-state index in [1.807, 2.05) is 12.3 Å². The quantitative estimate of drug-likeness (QED) is 0.710. The molecule has 1 N–H and O–H groups in total. The summed E-state index contributed by atoms with van der Waals surface area (Å²) in [5.74, 6) is 0.833. The molecule has 2 aliphatic rings. The summed E-state index contributed by atoms with van der Waals surface area (Å²) in [5, 5.41) is 10.6. The Kier molecular flexibility index (Phi) is 6.19. The molecule has 4 heteroatoms. The van der Waals surface area contributed by atoms with Gasteiger partial charge in [0.05, 0.1) is 12.3 Å². The summed E-state index contributed by atoms with van der Waals surface area (Å²) in [5.41, 5.74) is 0. The van der Waals surface area contributed by atoms with E-state index in [9.17, 15) is 4.39 Å². The van der Waals surface area contributed by atoms with Crippen LogP contribution in [0.1, 0.15) is 19.8 Å². The Morgan fingerprint density at radius 2 is 2.35 bits per heavy atom. The first-order valence-corrected chi connectivity index (χ1v) is 5.84. The molecule has 2 heterocycles. The predicted octanol–water partition coefficient (Wildman–Crippen LogP) is 2.58. The monoisotopic (exact) mass is 235 g/mol. The van der Waals surface area contributed by atoms with Crippen molar-refractivity contribution in [1.82, 2.24) is 5.32 Å². The van der Waals surface area contributed by atoms with Gasteiger partial charge in [0.1, 0.15) is 5.83 Å². The van der Waals surface area contributed by atoms with E-state index in [4.69, 9.17) is 5.26 Å². The number of halogens is 1. The number of nitriles is 1. The van der Waals surface area contributed by atoms with Gasteiger partial charge in [-0.25, -0.2) is 4.39 Å². The highest BCUT2D eigenvalue weighted by Gasteiger charge is 2.21. The molecule has 0 amide bonds. The first-order chi connectivity index (χ1) is 8.27. The van der Waals surface area contributed by atoms with E-state index in [1.54, 1.807) is 6.07 Å². The van der Waals surface area contributed by atoms with Gasteiger partial charge >= 0.3 is 0 Å². The lowest BCUT2D eigenvalue weighted by Gasteiger charge is -2.14. The summed E-state index contributed by atoms with van der Waals surface area (Å²) in [7, 11) is 0. The molecule has 1 fully saturated rings. The van der Waals surface area contributed by atoms with Crippen LogP contribution < -0.4 is 5.32 Å². The van der Waals surface area contributed by atoms with Crippen LogP contribution in [0.25, 0.3) is 0 Å². The van der Waals surface area contributed by atoms with E-state index < -0.39 is 0 Å². The van der Waals surface area contributed by atoms with E-state index in [-0.39, 0.29) is 5.83 Å². The second kappa shape index (κ2) is 7.75. The third kappa shape index (κ3) is 4.92. The molecule has 92 valence electrons. The molecule has 0 spiro atoms. The fourth-order valence-corrected chi connectivity index (χ4v) is 1.95. The number of nitrogens with one attached hydrogen (secondary N) is 1. The van der Waals surface area contributed by atoms with Crippen LogP contribution in [0, 0.1) is 23.2 Å². The van der Waals surface area contributed by atoms with Crippen LogP contribution in [-0.4, -0.2) is 19.3 Å². The summed E-state index contributed by atoms with van der Waals surface area (Å²) < 4.78 is 12.8. The molecule has 0 aliphatic carbocycles. The van der Waals surface area contributed by atoms with E-state index in [0.29, 0.717) is 18.3 Å². The number of rotatable bonds is 1. The fourth-order valence-electron chi connectivity index (χ4n) is 1.95. The zero-order valence-corrected chi connectivity index (χ0v) is 10.1. The van der Waals surface area contributed by atoms with Gasteiger partial charge in [0.25, 0.3) is 0 Å². The maximum absolute atomic E-state index is 12.8. The molecule has 0 bridgehead atoms. The standard InChI is InChI=1S/C11H15FN2.C2H3N/c12-11-3-1-2-9(7-14-8-11)10-4-5-13-6-10;1-2-3/h1-2,7-10,13H,3-6H2;1H3/b2-1?,11-8+,14-7?;. The van der Waals surface area contributed by atoms with Crippen LogP contribution >= 0.6 is 0 Å². The Hall–Kier alpha value is -1.47. The van der Waals surface area contributed by atoms with Crippen LogP contribution in [-0.2, 0) is 0 Å². The third-order valence-electron chi connectivity index (χ3n) is 2.79. The third-order valence-corrected chi connectivity index (χ3v) is 2.79. The largest absolute Gasteiger partial charge is 0.316 e. The van der Waals surface area contributed by atoms with Gasteiger partial charge in [0.2, 0.25) is 0 Å². The van der Waals surface area contributed by atoms with Gasteiger partial charge < -0.3 is 5.32 Å². The number of nitrogens with zero attached hydrogens (tertiary/aromatic N) is 2. The van der Waals surface area contributed by atoms with Gasteiger partial charge in [-0.15, -0.1) is 0 Å². The SMILES string of the molecule is CC#N.F/C1=C/N=CC(C2CCNC2)C=CC1. The Morgan fingerprint density at radius 1 is 1.59 bits per heavy atom. The minimum atomic E-state index is -0.166. The summed E-state index contributed by atoms with van der Waals surface area (Å²) in [6.07, 6.45) is 8.72. The van der Waals surface area contributed by atoms with Crippen molar-refractivity contribution in [2.45, 2.75) is 19.8 Å². The van der Waals surface area contributed by atoms with Gasteiger partial charge in [0, 0.05) is 25.5 Å². The van der Waals surface area contributed by atoms with Gasteiger partial charge in [0.15, 0.2) is 0 Å². The zero-order chi connectivity index (χ0) is 12.5. The van der Waals surface area contributed by atoms with E-state index in [0.717, 1.165) is 13.1 Å². The normalized spacial score (nSPS) is 30.3. The van der Waals surface area contributed by atoms with Crippen LogP contribution in [0.5, 0.6) is 0 Å². The van der Waals surface area contributed by atoms with E-state index in [2.05, 4.69) is 16.4 Å². The fraction of sp³-hybridized carbons (Fsp3) is 0.538. The van der Waals surface area contributed by atoms with Crippen molar-refractivity contribution in [2.75, 3.05) is 13.1 Å². The number of hydrogen-bond acceptors (Lipinski definition) is 3. The molecular weight excluding hydrogens is 217 g/mol. The van der Waals surface area contributed by atoms with Crippen molar-refractivity contribution in [1.29, 1.82) is 5.26 Å². The summed E-state index contributed by atoms with van der Waals surface area (Å²) in [6, 6.07) is 1.75. The highest BCUT2D eigenvalue weighted by molar-refractivity contribution is 5.65. The molecule has 3 nitrogen and oxygen atoms in total. The summed E-state index contributed by atoms with van der Waals surface area (Å²) >= 11 is 0. The summed E-state index contributed by atoms with van der Waals surface area (Å²) in [4.78, 5) is 4.00. The number of allylic oxidation sites excluding steroid dienone is 3. The molecule has 2 rings (SSSR count). The van der Waals surface area contributed by atoms with E-state index >= 15 is 0 Å². The van der Waals surface area contributed by atoms with Crippen LogP contribution in [0.15, 0.2) is 29.2 Å². The second-order valence-corrected chi connectivity index (χ2v) is 4.06. The molecule has 0 saturated carbocycles. The molecule has 0 radical (unpaired) electrons. The Bertz CT molecular complexity index is 346. The first kappa shape index (κ1) is 13.6. The van der Waals surface area contributed by atoms with Gasteiger partial charge in [-0.2, -0.15) is 5.26 Å². The molecule has 0 aromatic carbocycles. The highest BCUT2D eigenvalue weighted by atomic mass is 19.1. The maximum atomic E-state index is 12.8. The lowest BCUT2D eigenvalue weighted by atomic mass is 9.91. The number of aliphatic imine (C=N–C) groups is 1. The van der Waals surface area contributed by atoms with Crippen LogP contribution in [0.3, 0.4) is 0 Å². The topological polar surface area (TPSA) is 48.2 Å². The minimum Gasteiger partial charge on any atom is -0.316 e. The average Bonchev–Trinajstić information content (AvgIpc) is 2.77. The van der Waals surface area contributed by atoms with Crippen LogP contribution in [0.4, 0.5) is 4.39 Å². The molecule has 0 aromatic rings. The lowest BCUT2D eigenvalue weighted by Crippen LogP contribution is -2.17. The van der Waals surface area contributed by atoms with E-state index in [1.165, 1.54) is 19.5 Å². The van der Waals surface area contributed by atoms with Crippen molar-refractivity contribution in [3.8, 4) is 6.07 Å². The van der Waals surface area contributed by atoms with Crippen molar-refractivity contribution >= 4 is 6.21 Å². The van der Waals surface area contributed by atoms with Crippen LogP contribution in [0.2, 0.25) is 0 Å². The highest BCUT2D eigenvalue weighted by Crippen LogP contribution is 2.21. The van der Waals surface area contributed by atoms with Crippen molar-refractivity contribution in [2.24, 2.45) is 16.8 Å². The van der Waals surface area contributed by atoms with Crippen molar-refractivity contribution < 1.29 is 4.39 Å². The lowest BCUT2D eigenvalue weighted by molar-refractivity contribution is 0.524. The summed E-state index contributed by atoms with van der Waals surface area (Å²) in [6.45, 7) is 3.57. The smallest absolute Gasteiger partial charge is 0.122 e. The Labute approximate surface area is 102 Å². The van der Waals surface area contributed by atoms with Crippen molar-refractivity contribution in [3.05, 3.63) is 24.2 Å². The maximum Gasteiger partial charge on any atom is 0.122 e.